The molecule has 2 aromatic rings. The molecule has 0 saturated carbocycles. The summed E-state index contributed by atoms with van der Waals surface area (Å²) in [6, 6.07) is 9.79. The van der Waals surface area contributed by atoms with Crippen molar-refractivity contribution in [2.75, 3.05) is 0 Å². The summed E-state index contributed by atoms with van der Waals surface area (Å²) in [7, 11) is 0. The normalized spacial score (nSPS) is 10.8. The number of nitrogens with one attached hydrogen (secondary N) is 1. The van der Waals surface area contributed by atoms with Crippen molar-refractivity contribution < 1.29 is 0 Å². The number of aliphatic imine (C=N–C) groups is 1. The minimum Gasteiger partial charge on any atom is -0.344 e. The molecule has 0 aliphatic heterocycles. The Morgan fingerprint density at radius 2 is 2.08 bits per heavy atom. The molecule has 1 aromatic heterocycles. The van der Waals surface area contributed by atoms with E-state index in [-0.39, 0.29) is 0 Å². The van der Waals surface area contributed by atoms with Crippen molar-refractivity contribution in [1.29, 1.82) is 0 Å². The number of para-hydroxylation sites is 1. The van der Waals surface area contributed by atoms with Gasteiger partial charge in [0.15, 0.2) is 0 Å². The van der Waals surface area contributed by atoms with Gasteiger partial charge in [0.1, 0.15) is 0 Å². The molecule has 1 heterocycles. The van der Waals surface area contributed by atoms with Gasteiger partial charge < -0.3 is 4.98 Å². The molecule has 0 radical (unpaired) electrons. The summed E-state index contributed by atoms with van der Waals surface area (Å²) < 4.78 is 0. The van der Waals surface area contributed by atoms with E-state index in [1.54, 1.807) is 18.7 Å². The lowest BCUT2D eigenvalue weighted by atomic mass is 10.3. The Kier molecular flexibility index (Phi) is 2.18. The van der Waals surface area contributed by atoms with Gasteiger partial charge in [0, 0.05) is 0 Å². The van der Waals surface area contributed by atoms with Crippen LogP contribution in [0.15, 0.2) is 47.8 Å². The van der Waals surface area contributed by atoms with E-state index in [4.69, 9.17) is 0 Å². The van der Waals surface area contributed by atoms with Gasteiger partial charge in [-0.25, -0.2) is 4.98 Å². The van der Waals surface area contributed by atoms with Crippen LogP contribution in [-0.2, 0) is 0 Å². The smallest absolute Gasteiger partial charge is 0.0924 e. The van der Waals surface area contributed by atoms with Crippen molar-refractivity contribution in [1.82, 2.24) is 9.97 Å². The standard InChI is InChI=1S/C10H9N3/c1-2-4-9(5-3-1)12-7-10-6-11-8-13-10/h1-8H,(H,11,13). The predicted octanol–water partition coefficient (Wildman–Crippen LogP) is 2.16. The molecule has 0 fully saturated rings. The van der Waals surface area contributed by atoms with Gasteiger partial charge in [-0.05, 0) is 12.1 Å². The van der Waals surface area contributed by atoms with Gasteiger partial charge in [0.25, 0.3) is 0 Å². The topological polar surface area (TPSA) is 41.0 Å². The van der Waals surface area contributed by atoms with E-state index in [2.05, 4.69) is 15.0 Å². The Hall–Kier alpha value is -1.90. The summed E-state index contributed by atoms with van der Waals surface area (Å²) in [4.78, 5) is 11.1. The molecule has 13 heavy (non-hydrogen) atoms. The maximum absolute atomic E-state index is 4.25. The van der Waals surface area contributed by atoms with Crippen LogP contribution in [0.2, 0.25) is 0 Å². The average molecular weight is 171 g/mol. The number of H-pyrrole nitrogens is 1. The van der Waals surface area contributed by atoms with E-state index in [0.717, 1.165) is 11.4 Å². The van der Waals surface area contributed by atoms with Crippen LogP contribution in [0.3, 0.4) is 0 Å². The molecule has 3 nitrogen and oxygen atoms in total. The zero-order valence-corrected chi connectivity index (χ0v) is 7.01. The van der Waals surface area contributed by atoms with Crippen LogP contribution in [0, 0.1) is 0 Å². The number of hydrogen-bond donors (Lipinski definition) is 1. The average Bonchev–Trinajstić information content (AvgIpc) is 2.69. The molecule has 0 bridgehead atoms. The molecule has 1 aromatic carbocycles. The second-order valence-electron chi connectivity index (χ2n) is 2.60. The Balaban J connectivity index is 2.15. The van der Waals surface area contributed by atoms with Crippen LogP contribution in [0.25, 0.3) is 0 Å². The third-order valence-corrected chi connectivity index (χ3v) is 1.63. The van der Waals surface area contributed by atoms with Gasteiger partial charge in [0.05, 0.1) is 30.1 Å². The van der Waals surface area contributed by atoms with E-state index in [1.807, 2.05) is 30.3 Å². The van der Waals surface area contributed by atoms with Crippen molar-refractivity contribution in [3.05, 3.63) is 48.5 Å². The summed E-state index contributed by atoms with van der Waals surface area (Å²) in [5.74, 6) is 0. The highest BCUT2D eigenvalue weighted by atomic mass is 14.9. The van der Waals surface area contributed by atoms with Crippen molar-refractivity contribution in [2.24, 2.45) is 4.99 Å². The molecule has 3 heteroatoms. The van der Waals surface area contributed by atoms with Crippen molar-refractivity contribution in [3.8, 4) is 0 Å². The Labute approximate surface area is 76.2 Å². The summed E-state index contributed by atoms with van der Waals surface area (Å²) >= 11 is 0. The second kappa shape index (κ2) is 3.67. The summed E-state index contributed by atoms with van der Waals surface area (Å²) in [6.45, 7) is 0. The minimum atomic E-state index is 0.906. The Morgan fingerprint density at radius 1 is 1.23 bits per heavy atom. The first-order chi connectivity index (χ1) is 6.45. The maximum atomic E-state index is 4.25. The lowest BCUT2D eigenvalue weighted by molar-refractivity contribution is 1.31. The molecule has 0 aliphatic rings. The molecular weight excluding hydrogens is 162 g/mol. The fourth-order valence-electron chi connectivity index (χ4n) is 0.995. The summed E-state index contributed by atoms with van der Waals surface area (Å²) in [6.07, 6.45) is 5.11. The lowest BCUT2D eigenvalue weighted by Gasteiger charge is -1.89. The first kappa shape index (κ1) is 7.73. The molecule has 2 rings (SSSR count). The molecule has 0 saturated heterocycles. The molecular formula is C10H9N3. The number of rotatable bonds is 2. The van der Waals surface area contributed by atoms with Crippen molar-refractivity contribution >= 4 is 11.9 Å². The lowest BCUT2D eigenvalue weighted by Crippen LogP contribution is -1.77. The number of nitrogens with zero attached hydrogens (tertiary/aromatic N) is 2. The van der Waals surface area contributed by atoms with Crippen LogP contribution in [0.4, 0.5) is 5.69 Å². The molecule has 0 spiro atoms. The fraction of sp³-hybridized carbons (Fsp3) is 0. The minimum absolute atomic E-state index is 0.906. The number of aromatic nitrogens is 2. The van der Waals surface area contributed by atoms with Gasteiger partial charge in [-0.15, -0.1) is 0 Å². The summed E-state index contributed by atoms with van der Waals surface area (Å²) in [5.41, 5.74) is 1.85. The monoisotopic (exact) mass is 171 g/mol. The number of benzene rings is 1. The van der Waals surface area contributed by atoms with Crippen molar-refractivity contribution in [2.45, 2.75) is 0 Å². The van der Waals surface area contributed by atoms with Crippen LogP contribution in [0.5, 0.6) is 0 Å². The molecule has 0 aliphatic carbocycles. The van der Waals surface area contributed by atoms with E-state index < -0.39 is 0 Å². The number of aromatic amines is 1. The van der Waals surface area contributed by atoms with E-state index >= 15 is 0 Å². The maximum Gasteiger partial charge on any atom is 0.0924 e. The van der Waals surface area contributed by atoms with Crippen LogP contribution in [0.1, 0.15) is 5.69 Å². The van der Waals surface area contributed by atoms with Gasteiger partial charge in [-0.3, -0.25) is 4.99 Å². The Morgan fingerprint density at radius 3 is 2.77 bits per heavy atom. The first-order valence-electron chi connectivity index (χ1n) is 4.02. The number of imidazole rings is 1. The highest BCUT2D eigenvalue weighted by Crippen LogP contribution is 2.08. The largest absolute Gasteiger partial charge is 0.344 e. The summed E-state index contributed by atoms with van der Waals surface area (Å²) in [5, 5.41) is 0. The highest BCUT2D eigenvalue weighted by Gasteiger charge is 1.86. The zero-order chi connectivity index (χ0) is 8.93. The Bertz CT molecular complexity index is 376. The highest BCUT2D eigenvalue weighted by molar-refractivity contribution is 5.79. The number of hydrogen-bond acceptors (Lipinski definition) is 2. The first-order valence-corrected chi connectivity index (χ1v) is 4.02. The van der Waals surface area contributed by atoms with Gasteiger partial charge in [-0.1, -0.05) is 18.2 Å². The van der Waals surface area contributed by atoms with Crippen molar-refractivity contribution in [3.63, 3.8) is 0 Å². The fourth-order valence-corrected chi connectivity index (χ4v) is 0.995. The SMILES string of the molecule is C(=Nc1ccccc1)c1cnc[nH]1. The molecule has 0 atom stereocenters. The van der Waals surface area contributed by atoms with E-state index in [9.17, 15) is 0 Å². The molecule has 64 valence electrons. The molecule has 1 N–H and O–H groups in total. The van der Waals surface area contributed by atoms with Gasteiger partial charge in [-0.2, -0.15) is 0 Å². The molecule has 0 unspecified atom stereocenters. The van der Waals surface area contributed by atoms with Gasteiger partial charge in [0.2, 0.25) is 0 Å². The predicted molar refractivity (Wildman–Crippen MR) is 52.3 cm³/mol. The third-order valence-electron chi connectivity index (χ3n) is 1.63. The zero-order valence-electron chi connectivity index (χ0n) is 7.01. The molecule has 0 amide bonds. The third kappa shape index (κ3) is 2.02. The van der Waals surface area contributed by atoms with Crippen LogP contribution in [-0.4, -0.2) is 16.2 Å². The van der Waals surface area contributed by atoms with Gasteiger partial charge >= 0.3 is 0 Å². The van der Waals surface area contributed by atoms with E-state index in [0.29, 0.717) is 0 Å². The second-order valence-corrected chi connectivity index (χ2v) is 2.60. The van der Waals surface area contributed by atoms with Crippen LogP contribution < -0.4 is 0 Å². The quantitative estimate of drug-likeness (QED) is 0.691. The van der Waals surface area contributed by atoms with Crippen LogP contribution >= 0.6 is 0 Å². The van der Waals surface area contributed by atoms with E-state index in [1.165, 1.54) is 0 Å².